The molecule has 0 aromatic heterocycles. The summed E-state index contributed by atoms with van der Waals surface area (Å²) in [5.41, 5.74) is 0.912. The first kappa shape index (κ1) is 12.6. The van der Waals surface area contributed by atoms with Crippen molar-refractivity contribution in [3.63, 3.8) is 0 Å². The van der Waals surface area contributed by atoms with Crippen LogP contribution in [0, 0.1) is 6.92 Å². The Hall–Kier alpha value is -0.420. The maximum atomic E-state index is 10.3. The minimum Gasteiger partial charge on any atom is -0.480 e. The van der Waals surface area contributed by atoms with E-state index in [0.717, 1.165) is 10.5 Å². The Kier molecular flexibility index (Phi) is 4.73. The number of carbonyl (C=O) groups is 1. The highest BCUT2D eigenvalue weighted by molar-refractivity contribution is 7.97. The van der Waals surface area contributed by atoms with Gasteiger partial charge in [0.25, 0.3) is 0 Å². The molecule has 0 bridgehead atoms. The maximum Gasteiger partial charge on any atom is 0.318 e. The first-order chi connectivity index (χ1) is 7.00. The van der Waals surface area contributed by atoms with Gasteiger partial charge in [0.2, 0.25) is 0 Å². The molecule has 0 radical (unpaired) electrons. The topological polar surface area (TPSA) is 49.3 Å². The normalized spacial score (nSPS) is 10.3. The second kappa shape index (κ2) is 5.61. The highest BCUT2D eigenvalue weighted by atomic mass is 35.5. The van der Waals surface area contributed by atoms with Crippen LogP contribution >= 0.6 is 35.1 Å². The highest BCUT2D eigenvalue weighted by Gasteiger charge is 2.07. The van der Waals surface area contributed by atoms with Gasteiger partial charge in [0.15, 0.2) is 0 Å². The van der Waals surface area contributed by atoms with Crippen molar-refractivity contribution in [1.82, 2.24) is 4.72 Å². The zero-order valence-electron chi connectivity index (χ0n) is 7.88. The van der Waals surface area contributed by atoms with Crippen LogP contribution in [0.15, 0.2) is 17.0 Å². The molecule has 3 nitrogen and oxygen atoms in total. The van der Waals surface area contributed by atoms with E-state index < -0.39 is 5.97 Å². The molecule has 0 unspecified atom stereocenters. The van der Waals surface area contributed by atoms with Gasteiger partial charge in [-0.3, -0.25) is 4.79 Å². The molecule has 15 heavy (non-hydrogen) atoms. The van der Waals surface area contributed by atoms with Crippen molar-refractivity contribution in [2.75, 3.05) is 6.54 Å². The van der Waals surface area contributed by atoms with Crippen LogP contribution in [-0.2, 0) is 4.79 Å². The molecule has 82 valence electrons. The van der Waals surface area contributed by atoms with Crippen molar-refractivity contribution < 1.29 is 9.90 Å². The molecule has 0 aliphatic carbocycles. The molecule has 0 spiro atoms. The van der Waals surface area contributed by atoms with Crippen LogP contribution in [0.2, 0.25) is 10.0 Å². The summed E-state index contributed by atoms with van der Waals surface area (Å²) in [6.45, 7) is 1.74. The molecule has 1 aromatic rings. The van der Waals surface area contributed by atoms with Crippen molar-refractivity contribution in [3.8, 4) is 0 Å². The molecule has 0 saturated heterocycles. The predicted octanol–water partition coefficient (Wildman–Crippen LogP) is 2.98. The summed E-state index contributed by atoms with van der Waals surface area (Å²) in [5.74, 6) is -0.912. The van der Waals surface area contributed by atoms with Crippen molar-refractivity contribution in [2.24, 2.45) is 0 Å². The molecule has 0 heterocycles. The Morgan fingerprint density at radius 2 is 2.20 bits per heavy atom. The third kappa shape index (κ3) is 3.91. The van der Waals surface area contributed by atoms with Gasteiger partial charge >= 0.3 is 5.97 Å². The lowest BCUT2D eigenvalue weighted by atomic mass is 10.2. The molecular weight excluding hydrogens is 257 g/mol. The van der Waals surface area contributed by atoms with Gasteiger partial charge in [0.1, 0.15) is 6.54 Å². The number of aliphatic carboxylic acids is 1. The number of halogens is 2. The van der Waals surface area contributed by atoms with Gasteiger partial charge in [0.05, 0.1) is 5.02 Å². The molecular formula is C9H9Cl2NO2S. The van der Waals surface area contributed by atoms with Gasteiger partial charge in [-0.1, -0.05) is 23.2 Å². The lowest BCUT2D eigenvalue weighted by Crippen LogP contribution is -2.15. The minimum atomic E-state index is -0.912. The number of nitrogens with one attached hydrogen (secondary N) is 1. The van der Waals surface area contributed by atoms with Crippen LogP contribution in [0.25, 0.3) is 0 Å². The van der Waals surface area contributed by atoms with E-state index in [0.29, 0.717) is 10.0 Å². The van der Waals surface area contributed by atoms with Gasteiger partial charge in [-0.05, 0) is 36.6 Å². The van der Waals surface area contributed by atoms with Crippen LogP contribution < -0.4 is 4.72 Å². The number of hydrogen-bond donors (Lipinski definition) is 2. The second-order valence-corrected chi connectivity index (χ2v) is 4.60. The van der Waals surface area contributed by atoms with Gasteiger partial charge in [-0.25, -0.2) is 4.72 Å². The third-order valence-electron chi connectivity index (χ3n) is 1.59. The summed E-state index contributed by atoms with van der Waals surface area (Å²) in [7, 11) is 0. The SMILES string of the molecule is Cc1cc(Cl)cc(Cl)c1SNCC(=O)O. The molecule has 6 heteroatoms. The standard InChI is InChI=1S/C9H9Cl2NO2S/c1-5-2-6(10)3-7(11)9(5)15-12-4-8(13)14/h2-3,12H,4H2,1H3,(H,13,14). The number of carboxylic acids is 1. The Labute approximate surface area is 102 Å². The average molecular weight is 266 g/mol. The fraction of sp³-hybridized carbons (Fsp3) is 0.222. The van der Waals surface area contributed by atoms with Crippen LogP contribution in [0.3, 0.4) is 0 Å². The van der Waals surface area contributed by atoms with Crippen molar-refractivity contribution in [3.05, 3.63) is 27.7 Å². The lowest BCUT2D eigenvalue weighted by Gasteiger charge is -2.08. The molecule has 0 fully saturated rings. The van der Waals surface area contributed by atoms with Crippen LogP contribution in [0.5, 0.6) is 0 Å². The molecule has 0 aliphatic heterocycles. The number of carboxylic acid groups (broad SMARTS) is 1. The number of aryl methyl sites for hydroxylation is 1. The molecule has 0 amide bonds. The fourth-order valence-corrected chi connectivity index (χ4v) is 2.42. The predicted molar refractivity (Wildman–Crippen MR) is 62.7 cm³/mol. The molecule has 1 rings (SSSR count). The minimum absolute atomic E-state index is 0.122. The van der Waals surface area contributed by atoms with Gasteiger partial charge < -0.3 is 5.11 Å². The molecule has 0 atom stereocenters. The zero-order chi connectivity index (χ0) is 11.4. The third-order valence-corrected chi connectivity index (χ3v) is 3.25. The zero-order valence-corrected chi connectivity index (χ0v) is 10.2. The van der Waals surface area contributed by atoms with Crippen molar-refractivity contribution in [2.45, 2.75) is 11.8 Å². The number of benzene rings is 1. The van der Waals surface area contributed by atoms with E-state index in [1.165, 1.54) is 11.9 Å². The summed E-state index contributed by atoms with van der Waals surface area (Å²) >= 11 is 12.9. The Balaban J connectivity index is 2.72. The Bertz CT molecular complexity index is 361. The van der Waals surface area contributed by atoms with Crippen LogP contribution in [0.1, 0.15) is 5.56 Å². The van der Waals surface area contributed by atoms with E-state index in [9.17, 15) is 4.79 Å². The van der Waals surface area contributed by atoms with E-state index in [-0.39, 0.29) is 6.54 Å². The van der Waals surface area contributed by atoms with Crippen LogP contribution in [0.4, 0.5) is 0 Å². The van der Waals surface area contributed by atoms with E-state index in [2.05, 4.69) is 4.72 Å². The largest absolute Gasteiger partial charge is 0.480 e. The van der Waals surface area contributed by atoms with E-state index in [4.69, 9.17) is 28.3 Å². The first-order valence-electron chi connectivity index (χ1n) is 4.08. The summed E-state index contributed by atoms with van der Waals surface area (Å²) in [4.78, 5) is 11.1. The quantitative estimate of drug-likeness (QED) is 0.822. The van der Waals surface area contributed by atoms with E-state index >= 15 is 0 Å². The smallest absolute Gasteiger partial charge is 0.318 e. The van der Waals surface area contributed by atoms with Gasteiger partial charge in [-0.2, -0.15) is 0 Å². The maximum absolute atomic E-state index is 10.3. The van der Waals surface area contributed by atoms with E-state index in [1.807, 2.05) is 6.92 Å². The average Bonchev–Trinajstić information content (AvgIpc) is 2.08. The lowest BCUT2D eigenvalue weighted by molar-refractivity contribution is -0.135. The number of rotatable bonds is 4. The summed E-state index contributed by atoms with van der Waals surface area (Å²) < 4.78 is 2.69. The first-order valence-corrected chi connectivity index (χ1v) is 5.65. The summed E-state index contributed by atoms with van der Waals surface area (Å²) in [5, 5.41) is 9.53. The monoisotopic (exact) mass is 265 g/mol. The Morgan fingerprint density at radius 1 is 1.53 bits per heavy atom. The van der Waals surface area contributed by atoms with Gasteiger partial charge in [0, 0.05) is 9.92 Å². The second-order valence-electron chi connectivity index (χ2n) is 2.85. The molecule has 0 saturated carbocycles. The molecule has 1 aromatic carbocycles. The molecule has 0 aliphatic rings. The Morgan fingerprint density at radius 3 is 2.73 bits per heavy atom. The highest BCUT2D eigenvalue weighted by Crippen LogP contribution is 2.31. The molecule has 2 N–H and O–H groups in total. The number of hydrogen-bond acceptors (Lipinski definition) is 3. The van der Waals surface area contributed by atoms with E-state index in [1.54, 1.807) is 12.1 Å². The van der Waals surface area contributed by atoms with Crippen molar-refractivity contribution >= 4 is 41.1 Å². The van der Waals surface area contributed by atoms with Gasteiger partial charge in [-0.15, -0.1) is 0 Å². The van der Waals surface area contributed by atoms with Crippen molar-refractivity contribution in [1.29, 1.82) is 0 Å². The fourth-order valence-electron chi connectivity index (χ4n) is 0.988. The summed E-state index contributed by atoms with van der Waals surface area (Å²) in [6, 6.07) is 3.40. The summed E-state index contributed by atoms with van der Waals surface area (Å²) in [6.07, 6.45) is 0. The van der Waals surface area contributed by atoms with Crippen LogP contribution in [-0.4, -0.2) is 17.6 Å².